The minimum Gasteiger partial charge on any atom is -0.486 e. The van der Waals surface area contributed by atoms with Crippen molar-refractivity contribution in [1.82, 2.24) is 0 Å². The van der Waals surface area contributed by atoms with Crippen LogP contribution in [0, 0.1) is 3.57 Å². The van der Waals surface area contributed by atoms with Gasteiger partial charge in [-0.25, -0.2) is 0 Å². The summed E-state index contributed by atoms with van der Waals surface area (Å²) in [5, 5.41) is 4.00. The molecule has 104 valence electrons. The van der Waals surface area contributed by atoms with Crippen LogP contribution in [0.4, 0.5) is 5.69 Å². The fourth-order valence-electron chi connectivity index (χ4n) is 2.07. The maximum Gasteiger partial charge on any atom is 0.179 e. The Bertz CT molecular complexity index is 633. The lowest BCUT2D eigenvalue weighted by Crippen LogP contribution is -2.16. The van der Waals surface area contributed by atoms with Gasteiger partial charge in [0.1, 0.15) is 13.2 Å². The lowest BCUT2D eigenvalue weighted by atomic mass is 10.2. The summed E-state index contributed by atoms with van der Waals surface area (Å²) in [7, 11) is 0. The normalized spacial score (nSPS) is 13.1. The van der Waals surface area contributed by atoms with Crippen molar-refractivity contribution in [2.24, 2.45) is 0 Å². The maximum atomic E-state index is 6.23. The highest BCUT2D eigenvalue weighted by molar-refractivity contribution is 14.1. The van der Waals surface area contributed by atoms with Crippen LogP contribution in [0.15, 0.2) is 36.4 Å². The Balaban J connectivity index is 1.78. The van der Waals surface area contributed by atoms with E-state index in [2.05, 4.69) is 40.0 Å². The van der Waals surface area contributed by atoms with Crippen LogP contribution in [0.3, 0.4) is 0 Å². The van der Waals surface area contributed by atoms with Gasteiger partial charge in [0.05, 0.1) is 5.02 Å². The van der Waals surface area contributed by atoms with Gasteiger partial charge in [-0.3, -0.25) is 0 Å². The molecule has 1 aliphatic heterocycles. The van der Waals surface area contributed by atoms with E-state index in [9.17, 15) is 0 Å². The molecule has 0 saturated heterocycles. The zero-order chi connectivity index (χ0) is 13.9. The van der Waals surface area contributed by atoms with Crippen LogP contribution in [0.5, 0.6) is 11.5 Å². The van der Waals surface area contributed by atoms with E-state index in [1.807, 2.05) is 24.3 Å². The minimum absolute atomic E-state index is 0.548. The number of para-hydroxylation sites is 1. The van der Waals surface area contributed by atoms with E-state index in [0.29, 0.717) is 30.5 Å². The Morgan fingerprint density at radius 3 is 2.80 bits per heavy atom. The number of benzene rings is 2. The molecular weight excluding hydrogens is 389 g/mol. The first-order valence-electron chi connectivity index (χ1n) is 6.30. The Morgan fingerprint density at radius 1 is 1.15 bits per heavy atom. The van der Waals surface area contributed by atoms with Crippen molar-refractivity contribution in [2.75, 3.05) is 18.5 Å². The summed E-state index contributed by atoms with van der Waals surface area (Å²) in [4.78, 5) is 0. The summed E-state index contributed by atoms with van der Waals surface area (Å²) in [6.07, 6.45) is 0. The molecule has 0 radical (unpaired) electrons. The van der Waals surface area contributed by atoms with Crippen molar-refractivity contribution in [3.8, 4) is 11.5 Å². The van der Waals surface area contributed by atoms with Gasteiger partial charge in [-0.05, 0) is 52.4 Å². The van der Waals surface area contributed by atoms with E-state index < -0.39 is 0 Å². The van der Waals surface area contributed by atoms with Crippen molar-refractivity contribution >= 4 is 39.9 Å². The van der Waals surface area contributed by atoms with Crippen molar-refractivity contribution < 1.29 is 9.47 Å². The van der Waals surface area contributed by atoms with E-state index in [1.165, 1.54) is 3.57 Å². The monoisotopic (exact) mass is 401 g/mol. The second kappa shape index (κ2) is 6.10. The molecule has 1 heterocycles. The van der Waals surface area contributed by atoms with Gasteiger partial charge in [-0.1, -0.05) is 23.7 Å². The van der Waals surface area contributed by atoms with Gasteiger partial charge >= 0.3 is 0 Å². The molecule has 3 nitrogen and oxygen atoms in total. The predicted octanol–water partition coefficient (Wildman–Crippen LogP) is 4.33. The standard InChI is InChI=1S/C15H13ClINO2/c16-11-7-10(8-14-15(11)20-6-5-19-14)9-18-13-4-2-1-3-12(13)17/h1-4,7-8,18H,5-6,9H2. The molecule has 0 aliphatic carbocycles. The highest BCUT2D eigenvalue weighted by Gasteiger charge is 2.16. The van der Waals surface area contributed by atoms with Gasteiger partial charge in [0.15, 0.2) is 11.5 Å². The third-order valence-electron chi connectivity index (χ3n) is 3.01. The topological polar surface area (TPSA) is 30.5 Å². The Morgan fingerprint density at radius 2 is 1.95 bits per heavy atom. The molecule has 0 amide bonds. The number of rotatable bonds is 3. The number of hydrogen-bond acceptors (Lipinski definition) is 3. The largest absolute Gasteiger partial charge is 0.486 e. The van der Waals surface area contributed by atoms with Crippen LogP contribution in [-0.4, -0.2) is 13.2 Å². The third-order valence-corrected chi connectivity index (χ3v) is 4.23. The molecule has 5 heteroatoms. The lowest BCUT2D eigenvalue weighted by Gasteiger charge is -2.20. The van der Waals surface area contributed by atoms with Crippen LogP contribution in [0.1, 0.15) is 5.56 Å². The van der Waals surface area contributed by atoms with Gasteiger partial charge in [0.2, 0.25) is 0 Å². The third kappa shape index (κ3) is 2.96. The van der Waals surface area contributed by atoms with Gasteiger partial charge in [0.25, 0.3) is 0 Å². The average Bonchev–Trinajstić information content (AvgIpc) is 2.46. The fourth-order valence-corrected chi connectivity index (χ4v) is 2.93. The molecule has 0 saturated carbocycles. The minimum atomic E-state index is 0.548. The van der Waals surface area contributed by atoms with Crippen LogP contribution < -0.4 is 14.8 Å². The first kappa shape index (κ1) is 13.8. The molecule has 1 aliphatic rings. The molecule has 2 aromatic carbocycles. The van der Waals surface area contributed by atoms with E-state index >= 15 is 0 Å². The summed E-state index contributed by atoms with van der Waals surface area (Å²) >= 11 is 8.54. The molecule has 20 heavy (non-hydrogen) atoms. The van der Waals surface area contributed by atoms with E-state index in [0.717, 1.165) is 17.0 Å². The molecule has 3 rings (SSSR count). The van der Waals surface area contributed by atoms with Crippen molar-refractivity contribution in [1.29, 1.82) is 0 Å². The summed E-state index contributed by atoms with van der Waals surface area (Å²) < 4.78 is 12.3. The number of nitrogens with one attached hydrogen (secondary N) is 1. The number of anilines is 1. The second-order valence-corrected chi connectivity index (χ2v) is 6.00. The summed E-state index contributed by atoms with van der Waals surface area (Å²) in [5.74, 6) is 1.37. The second-order valence-electron chi connectivity index (χ2n) is 4.44. The fraction of sp³-hybridized carbons (Fsp3) is 0.200. The molecule has 0 aromatic heterocycles. The van der Waals surface area contributed by atoms with Crippen molar-refractivity contribution in [3.05, 3.63) is 50.6 Å². The zero-order valence-corrected chi connectivity index (χ0v) is 13.6. The van der Waals surface area contributed by atoms with Gasteiger partial charge in [0, 0.05) is 15.8 Å². The molecule has 2 aromatic rings. The predicted molar refractivity (Wildman–Crippen MR) is 88.9 cm³/mol. The molecule has 0 unspecified atom stereocenters. The Hall–Kier alpha value is -1.14. The average molecular weight is 402 g/mol. The molecule has 0 atom stereocenters. The summed E-state index contributed by atoms with van der Waals surface area (Å²) in [6, 6.07) is 12.1. The van der Waals surface area contributed by atoms with Gasteiger partial charge < -0.3 is 14.8 Å². The van der Waals surface area contributed by atoms with E-state index in [-0.39, 0.29) is 0 Å². The van der Waals surface area contributed by atoms with Crippen LogP contribution in [0.2, 0.25) is 5.02 Å². The number of hydrogen-bond donors (Lipinski definition) is 1. The molecule has 1 N–H and O–H groups in total. The zero-order valence-electron chi connectivity index (χ0n) is 10.7. The van der Waals surface area contributed by atoms with Crippen LogP contribution in [0.25, 0.3) is 0 Å². The smallest absolute Gasteiger partial charge is 0.179 e. The molecular formula is C15H13ClINO2. The van der Waals surface area contributed by atoms with Crippen molar-refractivity contribution in [3.63, 3.8) is 0 Å². The Kier molecular flexibility index (Phi) is 4.21. The first-order valence-corrected chi connectivity index (χ1v) is 7.76. The Labute approximate surface area is 136 Å². The maximum absolute atomic E-state index is 6.23. The molecule has 0 spiro atoms. The van der Waals surface area contributed by atoms with Crippen LogP contribution in [-0.2, 0) is 6.54 Å². The lowest BCUT2D eigenvalue weighted by molar-refractivity contribution is 0.171. The van der Waals surface area contributed by atoms with E-state index in [4.69, 9.17) is 21.1 Å². The quantitative estimate of drug-likeness (QED) is 0.777. The summed E-state index contributed by atoms with van der Waals surface area (Å²) in [5.41, 5.74) is 2.18. The van der Waals surface area contributed by atoms with Gasteiger partial charge in [-0.2, -0.15) is 0 Å². The van der Waals surface area contributed by atoms with Crippen molar-refractivity contribution in [2.45, 2.75) is 6.54 Å². The highest BCUT2D eigenvalue weighted by atomic mass is 127. The van der Waals surface area contributed by atoms with E-state index in [1.54, 1.807) is 0 Å². The molecule has 0 bridgehead atoms. The van der Waals surface area contributed by atoms with Gasteiger partial charge in [-0.15, -0.1) is 0 Å². The summed E-state index contributed by atoms with van der Waals surface area (Å²) in [6.45, 7) is 1.81. The number of ether oxygens (including phenoxy) is 2. The number of fused-ring (bicyclic) bond motifs is 1. The SMILES string of the molecule is Clc1cc(CNc2ccccc2I)cc2c1OCCO2. The number of halogens is 2. The molecule has 0 fully saturated rings. The first-order chi connectivity index (χ1) is 9.74. The van der Waals surface area contributed by atoms with Crippen LogP contribution >= 0.6 is 34.2 Å². The highest BCUT2D eigenvalue weighted by Crippen LogP contribution is 2.38.